The van der Waals surface area contributed by atoms with Gasteiger partial charge in [0.2, 0.25) is 0 Å². The van der Waals surface area contributed by atoms with Gasteiger partial charge in [0.1, 0.15) is 5.75 Å². The fraction of sp³-hybridized carbons (Fsp3) is 0.240. The summed E-state index contributed by atoms with van der Waals surface area (Å²) in [6.45, 7) is 0. The molecule has 0 fully saturated rings. The number of nitrogens with zero attached hydrogens (tertiary/aromatic N) is 1. The van der Waals surface area contributed by atoms with Crippen LogP contribution in [0.4, 0.5) is 10.5 Å². The Labute approximate surface area is 204 Å². The maximum absolute atomic E-state index is 13.8. The lowest BCUT2D eigenvalue weighted by Crippen LogP contribution is -2.38. The molecule has 1 aliphatic rings. The lowest BCUT2D eigenvalue weighted by atomic mass is 9.86. The van der Waals surface area contributed by atoms with Gasteiger partial charge in [0.25, 0.3) is 10.0 Å². The molecule has 0 saturated carbocycles. The zero-order chi connectivity index (χ0) is 24.5. The molecule has 7 nitrogen and oxygen atoms in total. The Morgan fingerprint density at radius 1 is 1.09 bits per heavy atom. The molecule has 2 N–H and O–H groups in total. The number of hydrogen-bond acceptors (Lipinski definition) is 4. The molecule has 0 aliphatic heterocycles. The summed E-state index contributed by atoms with van der Waals surface area (Å²) in [6.07, 6.45) is 0.427. The summed E-state index contributed by atoms with van der Waals surface area (Å²) in [6, 6.07) is 17.1. The summed E-state index contributed by atoms with van der Waals surface area (Å²) in [5.74, 6) is 0.614. The summed E-state index contributed by atoms with van der Waals surface area (Å²) >= 11 is 6.02. The van der Waals surface area contributed by atoms with Crippen molar-refractivity contribution in [2.75, 3.05) is 18.5 Å². The van der Waals surface area contributed by atoms with Crippen molar-refractivity contribution in [3.63, 3.8) is 0 Å². The van der Waals surface area contributed by atoms with Crippen LogP contribution < -0.4 is 14.4 Å². The number of anilines is 1. The number of halogens is 1. The van der Waals surface area contributed by atoms with Crippen LogP contribution in [-0.4, -0.2) is 39.8 Å². The van der Waals surface area contributed by atoms with Crippen molar-refractivity contribution in [3.8, 4) is 16.9 Å². The Kier molecular flexibility index (Phi) is 6.72. The molecule has 178 valence electrons. The summed E-state index contributed by atoms with van der Waals surface area (Å²) in [7, 11) is -0.829. The molecular formula is C25H25ClN2O5S. The van der Waals surface area contributed by atoms with E-state index in [4.69, 9.17) is 21.4 Å². The number of nitrogens with one attached hydrogen (secondary N) is 1. The van der Waals surface area contributed by atoms with E-state index in [0.717, 1.165) is 16.7 Å². The Hall–Kier alpha value is -3.23. The van der Waals surface area contributed by atoms with Gasteiger partial charge in [-0.05, 0) is 60.7 Å². The molecule has 0 heterocycles. The van der Waals surface area contributed by atoms with E-state index in [0.29, 0.717) is 41.3 Å². The van der Waals surface area contributed by atoms with Gasteiger partial charge in [-0.2, -0.15) is 0 Å². The van der Waals surface area contributed by atoms with Gasteiger partial charge in [0.15, 0.2) is 0 Å². The molecule has 0 bridgehead atoms. The van der Waals surface area contributed by atoms with Crippen LogP contribution in [0, 0.1) is 0 Å². The highest BCUT2D eigenvalue weighted by atomic mass is 35.5. The predicted octanol–water partition coefficient (Wildman–Crippen LogP) is 4.97. The van der Waals surface area contributed by atoms with E-state index in [1.807, 2.05) is 0 Å². The fourth-order valence-electron chi connectivity index (χ4n) is 4.45. The average molecular weight is 501 g/mol. The van der Waals surface area contributed by atoms with Gasteiger partial charge in [-0.15, -0.1) is 0 Å². The smallest absolute Gasteiger partial charge is 0.404 e. The minimum Gasteiger partial charge on any atom is -0.496 e. The minimum atomic E-state index is -3.92. The van der Waals surface area contributed by atoms with Gasteiger partial charge < -0.3 is 15.2 Å². The number of methoxy groups -OCH3 is 1. The Bertz CT molecular complexity index is 1330. The third kappa shape index (κ3) is 4.56. The van der Waals surface area contributed by atoms with Crippen LogP contribution in [0.3, 0.4) is 0 Å². The monoisotopic (exact) mass is 500 g/mol. The Balaban J connectivity index is 1.77. The van der Waals surface area contributed by atoms with Gasteiger partial charge in [-0.25, -0.2) is 13.2 Å². The molecule has 0 radical (unpaired) electrons. The molecule has 4 rings (SSSR count). The summed E-state index contributed by atoms with van der Waals surface area (Å²) in [5, 5.41) is 12.2. The maximum atomic E-state index is 13.8. The van der Waals surface area contributed by atoms with Gasteiger partial charge in [0.05, 0.1) is 17.7 Å². The van der Waals surface area contributed by atoms with Crippen LogP contribution in [0.25, 0.3) is 11.1 Å². The molecule has 1 amide bonds. The van der Waals surface area contributed by atoms with Crippen molar-refractivity contribution < 1.29 is 23.1 Å². The lowest BCUT2D eigenvalue weighted by molar-refractivity contribution is 0.188. The molecule has 0 unspecified atom stereocenters. The van der Waals surface area contributed by atoms with Crippen molar-refractivity contribution in [1.82, 2.24) is 5.32 Å². The molecule has 1 aliphatic carbocycles. The van der Waals surface area contributed by atoms with E-state index in [1.54, 1.807) is 67.8 Å². The van der Waals surface area contributed by atoms with Crippen molar-refractivity contribution in [2.24, 2.45) is 0 Å². The first-order chi connectivity index (χ1) is 16.2. The number of amides is 1. The summed E-state index contributed by atoms with van der Waals surface area (Å²) in [4.78, 5) is 11.3. The van der Waals surface area contributed by atoms with E-state index in [9.17, 15) is 13.2 Å². The van der Waals surface area contributed by atoms with E-state index in [1.165, 1.54) is 11.4 Å². The largest absolute Gasteiger partial charge is 0.496 e. The molecule has 0 spiro atoms. The standard InChI is InChI=1S/C25H25ClN2O5S/c1-28(22-13-14-23(33-2)21-15-18(27-25(29)30)11-12-20(21)22)34(31,32)24-6-4-3-5-19(24)16-7-9-17(26)10-8-16/h3-10,13-14,18,27H,11-12,15H2,1-2H3,(H,29,30)/t18-/m0/s1. The van der Waals surface area contributed by atoms with Crippen LogP contribution in [0.5, 0.6) is 5.75 Å². The maximum Gasteiger partial charge on any atom is 0.404 e. The molecule has 0 aromatic heterocycles. The van der Waals surface area contributed by atoms with Crippen molar-refractivity contribution in [2.45, 2.75) is 30.2 Å². The van der Waals surface area contributed by atoms with Crippen LogP contribution >= 0.6 is 11.6 Å². The first-order valence-electron chi connectivity index (χ1n) is 10.7. The summed E-state index contributed by atoms with van der Waals surface area (Å²) < 4.78 is 34.4. The lowest BCUT2D eigenvalue weighted by Gasteiger charge is -2.31. The number of hydrogen-bond donors (Lipinski definition) is 2. The number of rotatable bonds is 6. The predicted molar refractivity (Wildman–Crippen MR) is 132 cm³/mol. The van der Waals surface area contributed by atoms with E-state index >= 15 is 0 Å². The van der Waals surface area contributed by atoms with Crippen molar-refractivity contribution in [1.29, 1.82) is 0 Å². The van der Waals surface area contributed by atoms with Gasteiger partial charge in [-0.3, -0.25) is 4.31 Å². The second-order valence-corrected chi connectivity index (χ2v) is 10.5. The highest BCUT2D eigenvalue weighted by Gasteiger charge is 2.31. The quantitative estimate of drug-likeness (QED) is 0.498. The normalized spacial score (nSPS) is 15.3. The number of carbonyl (C=O) groups is 1. The molecule has 34 heavy (non-hydrogen) atoms. The van der Waals surface area contributed by atoms with Crippen LogP contribution in [0.1, 0.15) is 17.5 Å². The van der Waals surface area contributed by atoms with Crippen LogP contribution in [0.15, 0.2) is 65.6 Å². The highest BCUT2D eigenvalue weighted by Crippen LogP contribution is 2.39. The number of benzene rings is 3. The molecule has 3 aromatic rings. The number of carboxylic acid groups (broad SMARTS) is 1. The van der Waals surface area contributed by atoms with Gasteiger partial charge in [-0.1, -0.05) is 41.9 Å². The highest BCUT2D eigenvalue weighted by molar-refractivity contribution is 7.93. The summed E-state index contributed by atoms with van der Waals surface area (Å²) in [5.41, 5.74) is 3.54. The third-order valence-electron chi connectivity index (χ3n) is 6.12. The SMILES string of the molecule is COc1ccc(N(C)S(=O)(=O)c2ccccc2-c2ccc(Cl)cc2)c2c1C[C@@H](NC(=O)O)CC2. The first kappa shape index (κ1) is 23.9. The Morgan fingerprint density at radius 2 is 1.79 bits per heavy atom. The fourth-order valence-corrected chi connectivity index (χ4v) is 6.01. The molecule has 9 heteroatoms. The van der Waals surface area contributed by atoms with Crippen LogP contribution in [0.2, 0.25) is 5.02 Å². The first-order valence-corrected chi connectivity index (χ1v) is 12.6. The number of ether oxygens (including phenoxy) is 1. The van der Waals surface area contributed by atoms with Crippen molar-refractivity contribution in [3.05, 3.63) is 76.8 Å². The van der Waals surface area contributed by atoms with Gasteiger partial charge >= 0.3 is 6.09 Å². The average Bonchev–Trinajstić information content (AvgIpc) is 2.83. The zero-order valence-corrected chi connectivity index (χ0v) is 20.4. The number of sulfonamides is 1. The molecule has 1 atom stereocenters. The second-order valence-electron chi connectivity index (χ2n) is 8.11. The second kappa shape index (κ2) is 9.56. The molecule has 3 aromatic carbocycles. The topological polar surface area (TPSA) is 95.9 Å². The van der Waals surface area contributed by atoms with Gasteiger partial charge in [0, 0.05) is 29.2 Å². The van der Waals surface area contributed by atoms with Crippen LogP contribution in [-0.2, 0) is 22.9 Å². The Morgan fingerprint density at radius 3 is 2.47 bits per heavy atom. The van der Waals surface area contributed by atoms with Crippen molar-refractivity contribution >= 4 is 33.4 Å². The molecular weight excluding hydrogens is 476 g/mol. The van der Waals surface area contributed by atoms with E-state index < -0.39 is 16.1 Å². The minimum absolute atomic E-state index is 0.186. The number of fused-ring (bicyclic) bond motifs is 1. The third-order valence-corrected chi connectivity index (χ3v) is 8.21. The molecule has 0 saturated heterocycles. The van der Waals surface area contributed by atoms with E-state index in [-0.39, 0.29) is 10.9 Å². The zero-order valence-electron chi connectivity index (χ0n) is 18.8. The van der Waals surface area contributed by atoms with E-state index in [2.05, 4.69) is 5.32 Å².